The minimum atomic E-state index is -0.157. The Labute approximate surface area is 249 Å². The van der Waals surface area contributed by atoms with E-state index in [0.717, 1.165) is 54.1 Å². The molecule has 0 bridgehead atoms. The Hall–Kier alpha value is -4.52. The van der Waals surface area contributed by atoms with Crippen LogP contribution >= 0.6 is 0 Å². The highest BCUT2D eigenvalue weighted by molar-refractivity contribution is 6.05. The minimum Gasteiger partial charge on any atom is -0.339 e. The predicted octanol–water partition coefficient (Wildman–Crippen LogP) is 8.01. The van der Waals surface area contributed by atoms with Crippen molar-refractivity contribution in [2.24, 2.45) is 0 Å². The first kappa shape index (κ1) is 30.4. The summed E-state index contributed by atoms with van der Waals surface area (Å²) in [4.78, 5) is 37.0. The van der Waals surface area contributed by atoms with E-state index in [1.54, 1.807) is 6.20 Å². The lowest BCUT2D eigenvalue weighted by molar-refractivity contribution is 0.0755. The average molecular weight is 564 g/mol. The number of nitrogens with one attached hydrogen (secondary N) is 2. The lowest BCUT2D eigenvalue weighted by Crippen LogP contribution is -2.32. The zero-order valence-corrected chi connectivity index (χ0v) is 25.5. The molecular formula is C35H41N5O2. The first-order valence-corrected chi connectivity index (χ1v) is 14.6. The molecule has 0 aliphatic heterocycles. The van der Waals surface area contributed by atoms with Crippen LogP contribution in [-0.4, -0.2) is 39.8 Å². The molecule has 0 aliphatic rings. The van der Waals surface area contributed by atoms with Gasteiger partial charge in [0.1, 0.15) is 0 Å². The van der Waals surface area contributed by atoms with E-state index in [1.165, 1.54) is 5.56 Å². The zero-order chi connectivity index (χ0) is 30.3. The van der Waals surface area contributed by atoms with Crippen LogP contribution in [0.5, 0.6) is 0 Å². The molecule has 1 heterocycles. The van der Waals surface area contributed by atoms with Crippen molar-refractivity contribution in [2.75, 3.05) is 23.7 Å². The number of hydrogen-bond acceptors (Lipinski definition) is 5. The fraction of sp³-hybridized carbons (Fsp3) is 0.314. The summed E-state index contributed by atoms with van der Waals surface area (Å²) in [6.07, 6.45) is 3.57. The Bertz CT molecular complexity index is 1520. The Balaban J connectivity index is 1.48. The molecule has 1 aromatic heterocycles. The summed E-state index contributed by atoms with van der Waals surface area (Å²) in [6.45, 7) is 14.1. The zero-order valence-electron chi connectivity index (χ0n) is 25.5. The van der Waals surface area contributed by atoms with E-state index in [0.29, 0.717) is 17.1 Å². The number of carbonyl (C=O) groups is 2. The van der Waals surface area contributed by atoms with E-state index in [2.05, 4.69) is 50.2 Å². The van der Waals surface area contributed by atoms with Crippen molar-refractivity contribution in [3.8, 4) is 11.3 Å². The van der Waals surface area contributed by atoms with Gasteiger partial charge in [-0.2, -0.15) is 0 Å². The fourth-order valence-corrected chi connectivity index (χ4v) is 4.80. The third kappa shape index (κ3) is 7.40. The lowest BCUT2D eigenvalue weighted by atomic mass is 9.86. The maximum absolute atomic E-state index is 13.0. The molecule has 7 nitrogen and oxygen atoms in total. The van der Waals surface area contributed by atoms with Crippen LogP contribution in [0.4, 0.5) is 17.3 Å². The molecule has 4 aromatic rings. The summed E-state index contributed by atoms with van der Waals surface area (Å²) >= 11 is 0. The van der Waals surface area contributed by atoms with Crippen molar-refractivity contribution >= 4 is 29.1 Å². The average Bonchev–Trinajstić information content (AvgIpc) is 2.98. The van der Waals surface area contributed by atoms with Gasteiger partial charge in [0.2, 0.25) is 5.95 Å². The number of hydrogen-bond donors (Lipinski definition) is 2. The number of nitrogens with zero attached hydrogens (tertiary/aromatic N) is 3. The van der Waals surface area contributed by atoms with Gasteiger partial charge in [-0.1, -0.05) is 58.9 Å². The molecule has 2 N–H and O–H groups in total. The molecule has 0 atom stereocenters. The molecule has 0 saturated carbocycles. The number of anilines is 3. The Morgan fingerprint density at radius 2 is 1.48 bits per heavy atom. The molecule has 0 radical (unpaired) electrons. The molecule has 0 spiro atoms. The van der Waals surface area contributed by atoms with Gasteiger partial charge in [0, 0.05) is 47.4 Å². The minimum absolute atomic E-state index is 0.0259. The van der Waals surface area contributed by atoms with E-state index >= 15 is 0 Å². The molecule has 2 amide bonds. The monoisotopic (exact) mass is 563 g/mol. The topological polar surface area (TPSA) is 87.2 Å². The van der Waals surface area contributed by atoms with Gasteiger partial charge >= 0.3 is 0 Å². The van der Waals surface area contributed by atoms with Crippen LogP contribution in [0.2, 0.25) is 0 Å². The third-order valence-electron chi connectivity index (χ3n) is 7.19. The maximum atomic E-state index is 13.0. The van der Waals surface area contributed by atoms with Crippen LogP contribution < -0.4 is 10.6 Å². The standard InChI is InChI=1S/C35H41N5O2/c1-7-22-40(23-8-2)33(42)26-14-18-28(19-15-26)37-34-36-21-20-31(39-34)29-10-9-11-30(24(29)3)38-32(41)25-12-16-27(17-13-25)35(4,5)6/h9-21H,7-8,22-23H2,1-6H3,(H,38,41)(H,36,37,39). The molecule has 0 aliphatic carbocycles. The second kappa shape index (κ2) is 13.4. The van der Waals surface area contributed by atoms with Crippen LogP contribution in [0.3, 0.4) is 0 Å². The van der Waals surface area contributed by atoms with Crippen molar-refractivity contribution < 1.29 is 9.59 Å². The predicted molar refractivity (Wildman–Crippen MR) is 172 cm³/mol. The van der Waals surface area contributed by atoms with Crippen molar-refractivity contribution in [2.45, 2.75) is 59.8 Å². The van der Waals surface area contributed by atoms with Gasteiger partial charge in [0.25, 0.3) is 11.8 Å². The quantitative estimate of drug-likeness (QED) is 0.204. The highest BCUT2D eigenvalue weighted by Gasteiger charge is 2.17. The van der Waals surface area contributed by atoms with E-state index in [4.69, 9.17) is 4.98 Å². The molecule has 0 fully saturated rings. The Kier molecular flexibility index (Phi) is 9.73. The van der Waals surface area contributed by atoms with Crippen molar-refractivity contribution in [3.63, 3.8) is 0 Å². The fourth-order valence-electron chi connectivity index (χ4n) is 4.80. The lowest BCUT2D eigenvalue weighted by Gasteiger charge is -2.21. The molecule has 42 heavy (non-hydrogen) atoms. The summed E-state index contributed by atoms with van der Waals surface area (Å²) in [5.41, 5.74) is 6.54. The van der Waals surface area contributed by atoms with Crippen molar-refractivity contribution in [1.82, 2.24) is 14.9 Å². The molecule has 7 heteroatoms. The van der Waals surface area contributed by atoms with E-state index in [1.807, 2.05) is 84.6 Å². The Morgan fingerprint density at radius 1 is 0.833 bits per heavy atom. The van der Waals surface area contributed by atoms with Crippen LogP contribution in [-0.2, 0) is 5.41 Å². The van der Waals surface area contributed by atoms with Gasteiger partial charge in [-0.3, -0.25) is 9.59 Å². The van der Waals surface area contributed by atoms with E-state index in [-0.39, 0.29) is 17.2 Å². The maximum Gasteiger partial charge on any atom is 0.255 e. The second-order valence-electron chi connectivity index (χ2n) is 11.5. The van der Waals surface area contributed by atoms with Crippen LogP contribution in [0.15, 0.2) is 79.0 Å². The molecule has 218 valence electrons. The van der Waals surface area contributed by atoms with Gasteiger partial charge in [-0.15, -0.1) is 0 Å². The van der Waals surface area contributed by atoms with E-state index < -0.39 is 0 Å². The molecule has 0 saturated heterocycles. The number of benzene rings is 3. The summed E-state index contributed by atoms with van der Waals surface area (Å²) in [7, 11) is 0. The smallest absolute Gasteiger partial charge is 0.255 e. The normalized spacial score (nSPS) is 11.2. The first-order valence-electron chi connectivity index (χ1n) is 14.6. The van der Waals surface area contributed by atoms with Gasteiger partial charge < -0.3 is 15.5 Å². The Morgan fingerprint density at radius 3 is 2.10 bits per heavy atom. The highest BCUT2D eigenvalue weighted by Crippen LogP contribution is 2.29. The summed E-state index contributed by atoms with van der Waals surface area (Å²) in [5.74, 6) is 0.334. The van der Waals surface area contributed by atoms with Gasteiger partial charge in [0.05, 0.1) is 5.69 Å². The molecule has 0 unspecified atom stereocenters. The molecule has 4 rings (SSSR count). The van der Waals surface area contributed by atoms with E-state index in [9.17, 15) is 9.59 Å². The van der Waals surface area contributed by atoms with Gasteiger partial charge in [0.15, 0.2) is 0 Å². The summed E-state index contributed by atoms with van der Waals surface area (Å²) < 4.78 is 0. The largest absolute Gasteiger partial charge is 0.339 e. The molecule has 3 aromatic carbocycles. The summed E-state index contributed by atoms with van der Waals surface area (Å²) in [6, 6.07) is 22.8. The summed E-state index contributed by atoms with van der Waals surface area (Å²) in [5, 5.41) is 6.30. The van der Waals surface area contributed by atoms with Gasteiger partial charge in [-0.05, 0) is 84.8 Å². The van der Waals surface area contributed by atoms with Crippen molar-refractivity contribution in [3.05, 3.63) is 101 Å². The van der Waals surface area contributed by atoms with Crippen LogP contribution in [0.1, 0.15) is 79.3 Å². The SMILES string of the molecule is CCCN(CCC)C(=O)c1ccc(Nc2nccc(-c3cccc(NC(=O)c4ccc(C(C)(C)C)cc4)c3C)n2)cc1. The van der Waals surface area contributed by atoms with Crippen molar-refractivity contribution in [1.29, 1.82) is 0 Å². The molecular weight excluding hydrogens is 522 g/mol. The number of amides is 2. The van der Waals surface area contributed by atoms with Crippen LogP contribution in [0.25, 0.3) is 11.3 Å². The number of carbonyl (C=O) groups excluding carboxylic acids is 2. The number of aromatic nitrogens is 2. The second-order valence-corrected chi connectivity index (χ2v) is 11.5. The first-order chi connectivity index (χ1) is 20.1. The highest BCUT2D eigenvalue weighted by atomic mass is 16.2. The third-order valence-corrected chi connectivity index (χ3v) is 7.19. The number of rotatable bonds is 10. The van der Waals surface area contributed by atoms with Crippen LogP contribution in [0, 0.1) is 6.92 Å². The van der Waals surface area contributed by atoms with Gasteiger partial charge in [-0.25, -0.2) is 9.97 Å².